The Morgan fingerprint density at radius 2 is 2.00 bits per heavy atom. The highest BCUT2D eigenvalue weighted by Crippen LogP contribution is 2.24. The molecule has 0 aliphatic heterocycles. The molecule has 0 saturated heterocycles. The summed E-state index contributed by atoms with van der Waals surface area (Å²) in [6, 6.07) is 14.0. The number of nitrogens with one attached hydrogen (secondary N) is 1. The van der Waals surface area contributed by atoms with Gasteiger partial charge in [-0.2, -0.15) is 5.10 Å². The summed E-state index contributed by atoms with van der Waals surface area (Å²) in [7, 11) is 1.92. The highest BCUT2D eigenvalue weighted by atomic mass is 35.5. The van der Waals surface area contributed by atoms with E-state index >= 15 is 0 Å². The van der Waals surface area contributed by atoms with Crippen LogP contribution in [0.1, 0.15) is 5.56 Å². The quantitative estimate of drug-likeness (QED) is 0.597. The molecular weight excluding hydrogens is 334 g/mol. The maximum Gasteiger partial charge on any atom is 0.137 e. The predicted octanol–water partition coefficient (Wildman–Crippen LogP) is 4.30. The summed E-state index contributed by atoms with van der Waals surface area (Å²) in [5, 5.41) is 9.24. The van der Waals surface area contributed by atoms with Crippen LogP contribution in [0.15, 0.2) is 61.2 Å². The van der Waals surface area contributed by atoms with Crippen LogP contribution in [0.2, 0.25) is 5.02 Å². The van der Waals surface area contributed by atoms with Crippen molar-refractivity contribution < 1.29 is 0 Å². The van der Waals surface area contributed by atoms with E-state index in [4.69, 9.17) is 11.6 Å². The van der Waals surface area contributed by atoms with Crippen LogP contribution in [-0.4, -0.2) is 19.7 Å². The Balaban J connectivity index is 1.58. The summed E-state index contributed by atoms with van der Waals surface area (Å²) in [4.78, 5) is 8.63. The molecule has 4 rings (SSSR count). The first-order valence-corrected chi connectivity index (χ1v) is 8.29. The molecule has 0 aliphatic rings. The number of aromatic nitrogens is 4. The zero-order valence-electron chi connectivity index (χ0n) is 13.6. The number of halogens is 1. The van der Waals surface area contributed by atoms with Gasteiger partial charge in [0, 0.05) is 35.8 Å². The molecule has 2 aromatic heterocycles. The van der Waals surface area contributed by atoms with Gasteiger partial charge in [0.2, 0.25) is 0 Å². The molecule has 0 unspecified atom stereocenters. The van der Waals surface area contributed by atoms with Crippen LogP contribution in [0.5, 0.6) is 0 Å². The molecule has 6 heteroatoms. The van der Waals surface area contributed by atoms with Crippen LogP contribution in [0.25, 0.3) is 22.0 Å². The third kappa shape index (κ3) is 3.32. The van der Waals surface area contributed by atoms with Crippen LogP contribution >= 0.6 is 11.6 Å². The highest BCUT2D eigenvalue weighted by molar-refractivity contribution is 6.31. The highest BCUT2D eigenvalue weighted by Gasteiger charge is 2.05. The average Bonchev–Trinajstić information content (AvgIpc) is 3.06. The van der Waals surface area contributed by atoms with Gasteiger partial charge in [-0.1, -0.05) is 29.8 Å². The molecule has 25 heavy (non-hydrogen) atoms. The normalized spacial score (nSPS) is 11.0. The topological polar surface area (TPSA) is 55.6 Å². The fraction of sp³-hybridized carbons (Fsp3) is 0.105. The zero-order valence-corrected chi connectivity index (χ0v) is 14.4. The molecule has 4 aromatic rings. The minimum atomic E-state index is 0.668. The number of rotatable bonds is 4. The van der Waals surface area contributed by atoms with Crippen LogP contribution < -0.4 is 5.32 Å². The third-order valence-corrected chi connectivity index (χ3v) is 4.26. The number of benzene rings is 2. The number of anilines is 1. The van der Waals surface area contributed by atoms with E-state index in [0.717, 1.165) is 27.8 Å². The fourth-order valence-corrected chi connectivity index (χ4v) is 2.95. The number of aryl methyl sites for hydroxylation is 1. The lowest BCUT2D eigenvalue weighted by Crippen LogP contribution is -2.02. The molecule has 0 aliphatic carbocycles. The van der Waals surface area contributed by atoms with E-state index in [-0.39, 0.29) is 0 Å². The molecule has 5 nitrogen and oxygen atoms in total. The van der Waals surface area contributed by atoms with Gasteiger partial charge in [-0.25, -0.2) is 9.97 Å². The Hall–Kier alpha value is -2.92. The standard InChI is InChI=1S/C19H16ClN5/c1-25-11-15(10-24-25)14-4-2-3-13(7-14)9-21-19-17-6-5-16(20)8-18(17)22-12-23-19/h2-8,10-12H,9H2,1H3,(H,21,22,23). The van der Waals surface area contributed by atoms with Crippen molar-refractivity contribution >= 4 is 28.3 Å². The van der Waals surface area contributed by atoms with Crippen molar-refractivity contribution in [2.75, 3.05) is 5.32 Å². The Morgan fingerprint density at radius 1 is 1.08 bits per heavy atom. The summed E-state index contributed by atoms with van der Waals surface area (Å²) in [6.07, 6.45) is 5.43. The van der Waals surface area contributed by atoms with Crippen LogP contribution in [0.4, 0.5) is 5.82 Å². The summed E-state index contributed by atoms with van der Waals surface area (Å²) >= 11 is 6.03. The molecule has 0 spiro atoms. The monoisotopic (exact) mass is 349 g/mol. The van der Waals surface area contributed by atoms with Crippen molar-refractivity contribution in [1.82, 2.24) is 19.7 Å². The largest absolute Gasteiger partial charge is 0.365 e. The Bertz CT molecular complexity index is 1040. The number of fused-ring (bicyclic) bond motifs is 1. The SMILES string of the molecule is Cn1cc(-c2cccc(CNc3ncnc4cc(Cl)ccc34)c2)cn1. The molecule has 2 heterocycles. The van der Waals surface area contributed by atoms with Gasteiger partial charge < -0.3 is 5.32 Å². The fourth-order valence-electron chi connectivity index (χ4n) is 2.79. The van der Waals surface area contributed by atoms with Crippen LogP contribution in [0.3, 0.4) is 0 Å². The Labute approximate surface area is 150 Å². The zero-order chi connectivity index (χ0) is 17.2. The molecule has 0 fully saturated rings. The van der Waals surface area contributed by atoms with Crippen molar-refractivity contribution in [1.29, 1.82) is 0 Å². The lowest BCUT2D eigenvalue weighted by molar-refractivity contribution is 0.768. The van der Waals surface area contributed by atoms with Gasteiger partial charge in [0.1, 0.15) is 12.1 Å². The van der Waals surface area contributed by atoms with Gasteiger partial charge in [-0.3, -0.25) is 4.68 Å². The number of nitrogens with zero attached hydrogens (tertiary/aromatic N) is 4. The first-order chi connectivity index (χ1) is 12.2. The molecular formula is C19H16ClN5. The summed E-state index contributed by atoms with van der Waals surface area (Å²) in [5.74, 6) is 0.799. The van der Waals surface area contributed by atoms with E-state index in [1.165, 1.54) is 5.56 Å². The lowest BCUT2D eigenvalue weighted by Gasteiger charge is -2.09. The van der Waals surface area contributed by atoms with Crippen molar-refractivity contribution in [2.45, 2.75) is 6.54 Å². The van der Waals surface area contributed by atoms with E-state index in [9.17, 15) is 0 Å². The summed E-state index contributed by atoms with van der Waals surface area (Å²) in [6.45, 7) is 0.669. The second kappa shape index (κ2) is 6.53. The van der Waals surface area contributed by atoms with E-state index in [2.05, 4.69) is 44.6 Å². The Morgan fingerprint density at radius 3 is 2.84 bits per heavy atom. The summed E-state index contributed by atoms with van der Waals surface area (Å²) in [5.41, 5.74) is 4.24. The minimum Gasteiger partial charge on any atom is -0.365 e. The van der Waals surface area contributed by atoms with Gasteiger partial charge in [0.05, 0.1) is 11.7 Å². The smallest absolute Gasteiger partial charge is 0.137 e. The van der Waals surface area contributed by atoms with Crippen LogP contribution in [-0.2, 0) is 13.6 Å². The van der Waals surface area contributed by atoms with E-state index in [1.807, 2.05) is 37.6 Å². The van der Waals surface area contributed by atoms with E-state index < -0.39 is 0 Å². The third-order valence-electron chi connectivity index (χ3n) is 4.02. The van der Waals surface area contributed by atoms with Gasteiger partial charge in [0.15, 0.2) is 0 Å². The Kier molecular flexibility index (Phi) is 4.07. The molecule has 0 radical (unpaired) electrons. The maximum atomic E-state index is 6.03. The molecule has 0 saturated carbocycles. The van der Waals surface area contributed by atoms with Crippen molar-refractivity contribution in [3.05, 3.63) is 71.8 Å². The molecule has 0 atom stereocenters. The molecule has 1 N–H and O–H groups in total. The molecule has 2 aromatic carbocycles. The van der Waals surface area contributed by atoms with Crippen LogP contribution in [0, 0.1) is 0 Å². The second-order valence-electron chi connectivity index (χ2n) is 5.84. The summed E-state index contributed by atoms with van der Waals surface area (Å²) < 4.78 is 1.80. The lowest BCUT2D eigenvalue weighted by atomic mass is 10.1. The minimum absolute atomic E-state index is 0.668. The first-order valence-electron chi connectivity index (χ1n) is 7.91. The predicted molar refractivity (Wildman–Crippen MR) is 101 cm³/mol. The van der Waals surface area contributed by atoms with Gasteiger partial charge in [-0.15, -0.1) is 0 Å². The average molecular weight is 350 g/mol. The number of hydrogen-bond donors (Lipinski definition) is 1. The number of hydrogen-bond acceptors (Lipinski definition) is 4. The van der Waals surface area contributed by atoms with Gasteiger partial charge in [0.25, 0.3) is 0 Å². The van der Waals surface area contributed by atoms with Crippen molar-refractivity contribution in [2.24, 2.45) is 7.05 Å². The molecule has 0 bridgehead atoms. The maximum absolute atomic E-state index is 6.03. The molecule has 0 amide bonds. The van der Waals surface area contributed by atoms with E-state index in [1.54, 1.807) is 11.0 Å². The van der Waals surface area contributed by atoms with Gasteiger partial charge >= 0.3 is 0 Å². The second-order valence-corrected chi connectivity index (χ2v) is 6.28. The van der Waals surface area contributed by atoms with Crippen molar-refractivity contribution in [3.8, 4) is 11.1 Å². The van der Waals surface area contributed by atoms with E-state index in [0.29, 0.717) is 11.6 Å². The van der Waals surface area contributed by atoms with Crippen molar-refractivity contribution in [3.63, 3.8) is 0 Å². The first kappa shape index (κ1) is 15.6. The molecule has 124 valence electrons. The van der Waals surface area contributed by atoms with Gasteiger partial charge in [-0.05, 0) is 35.4 Å².